The number of nitrogens with zero attached hydrogens (tertiary/aromatic N) is 2. The van der Waals surface area contributed by atoms with Crippen molar-refractivity contribution >= 4 is 27.8 Å². The number of alkyl carbamates (subject to hydrolysis) is 1. The van der Waals surface area contributed by atoms with E-state index in [0.717, 1.165) is 11.1 Å². The van der Waals surface area contributed by atoms with Crippen LogP contribution in [-0.4, -0.2) is 78.0 Å². The van der Waals surface area contributed by atoms with Crippen LogP contribution in [-0.2, 0) is 35.3 Å². The molecule has 1 N–H and O–H groups in total. The number of benzene rings is 2. The molecule has 0 radical (unpaired) electrons. The lowest BCUT2D eigenvalue weighted by molar-refractivity contribution is -0.176. The molecular weight excluding hydrogens is 570 g/mol. The largest absolute Gasteiger partial charge is 0.464 e. The van der Waals surface area contributed by atoms with Crippen LogP contribution in [0, 0.1) is 12.8 Å². The first-order valence-corrected chi connectivity index (χ1v) is 16.3. The highest BCUT2D eigenvalue weighted by atomic mass is 32.2. The number of rotatable bonds is 8. The zero-order chi connectivity index (χ0) is 31.7. The first-order valence-electron chi connectivity index (χ1n) is 14.7. The van der Waals surface area contributed by atoms with E-state index >= 15 is 0 Å². The molecule has 2 aliphatic rings. The minimum absolute atomic E-state index is 0.00627. The molecule has 0 aromatic heterocycles. The number of aryl methyl sites for hydroxylation is 1. The number of sulfone groups is 1. The van der Waals surface area contributed by atoms with Gasteiger partial charge in [-0.1, -0.05) is 61.9 Å². The summed E-state index contributed by atoms with van der Waals surface area (Å²) in [6.45, 7) is 12.7. The van der Waals surface area contributed by atoms with Gasteiger partial charge in [0.2, 0.25) is 0 Å². The van der Waals surface area contributed by atoms with Crippen molar-refractivity contribution < 1.29 is 32.3 Å². The Kier molecular flexibility index (Phi) is 9.27. The molecule has 10 nitrogen and oxygen atoms in total. The van der Waals surface area contributed by atoms with Gasteiger partial charge in [-0.25, -0.2) is 23.0 Å². The van der Waals surface area contributed by atoms with Crippen molar-refractivity contribution in [3.8, 4) is 0 Å². The van der Waals surface area contributed by atoms with E-state index in [2.05, 4.69) is 5.32 Å². The standard InChI is InChI=1S/C32H43N3O7S/c1-8-41-28(36)26-27(43(39,40)24-16-14-22(4)15-17-24)25(21(2)3)34-19-18-32(29(37)35(26)34,20-23-12-10-9-11-13-23)33-30(38)42-31(5,6)7/h9-17,21,25-27H,8,18-20H2,1-7H3,(H,33,38). The van der Waals surface area contributed by atoms with Gasteiger partial charge >= 0.3 is 12.1 Å². The zero-order valence-corrected chi connectivity index (χ0v) is 26.8. The third kappa shape index (κ3) is 6.57. The lowest BCUT2D eigenvalue weighted by Gasteiger charge is -2.47. The predicted octanol–water partition coefficient (Wildman–Crippen LogP) is 4.06. The van der Waals surface area contributed by atoms with Gasteiger partial charge in [-0.2, -0.15) is 0 Å². The van der Waals surface area contributed by atoms with Crippen molar-refractivity contribution in [2.75, 3.05) is 13.2 Å². The van der Waals surface area contributed by atoms with Gasteiger partial charge in [0.1, 0.15) is 16.4 Å². The van der Waals surface area contributed by atoms with E-state index in [-0.39, 0.29) is 36.8 Å². The molecule has 4 unspecified atom stereocenters. The summed E-state index contributed by atoms with van der Waals surface area (Å²) in [5, 5.41) is 4.50. The van der Waals surface area contributed by atoms with Crippen LogP contribution >= 0.6 is 0 Å². The topological polar surface area (TPSA) is 122 Å². The molecule has 4 atom stereocenters. The lowest BCUT2D eigenvalue weighted by atomic mass is 9.84. The highest BCUT2D eigenvalue weighted by Gasteiger charge is 2.64. The van der Waals surface area contributed by atoms with Gasteiger partial charge < -0.3 is 14.8 Å². The van der Waals surface area contributed by atoms with Gasteiger partial charge in [0.25, 0.3) is 5.91 Å². The summed E-state index contributed by atoms with van der Waals surface area (Å²) in [7, 11) is -4.14. The van der Waals surface area contributed by atoms with E-state index in [0.29, 0.717) is 0 Å². The maximum Gasteiger partial charge on any atom is 0.408 e. The summed E-state index contributed by atoms with van der Waals surface area (Å²) in [6.07, 6.45) is -0.485. The van der Waals surface area contributed by atoms with Crippen LogP contribution in [0.5, 0.6) is 0 Å². The number of amides is 2. The van der Waals surface area contributed by atoms with Crippen molar-refractivity contribution in [2.24, 2.45) is 5.92 Å². The molecule has 2 amide bonds. The summed E-state index contributed by atoms with van der Waals surface area (Å²) >= 11 is 0. The van der Waals surface area contributed by atoms with Gasteiger partial charge in [0, 0.05) is 13.0 Å². The molecule has 11 heteroatoms. The van der Waals surface area contributed by atoms with E-state index in [9.17, 15) is 22.8 Å². The zero-order valence-electron chi connectivity index (χ0n) is 26.0. The van der Waals surface area contributed by atoms with Gasteiger partial charge in [-0.05, 0) is 64.7 Å². The number of ether oxygens (including phenoxy) is 2. The highest BCUT2D eigenvalue weighted by Crippen LogP contribution is 2.42. The molecule has 0 spiro atoms. The molecule has 2 aliphatic heterocycles. The summed E-state index contributed by atoms with van der Waals surface area (Å²) in [6, 6.07) is 13.6. The number of hydrazine groups is 1. The molecule has 2 saturated heterocycles. The number of carbonyl (C=O) groups excluding carboxylic acids is 3. The van der Waals surface area contributed by atoms with Gasteiger partial charge in [0.05, 0.1) is 17.5 Å². The Hall–Kier alpha value is -3.44. The monoisotopic (exact) mass is 613 g/mol. The van der Waals surface area contributed by atoms with Crippen LogP contribution in [0.4, 0.5) is 4.79 Å². The first-order chi connectivity index (χ1) is 20.1. The van der Waals surface area contributed by atoms with E-state index in [1.807, 2.05) is 51.1 Å². The third-order valence-corrected chi connectivity index (χ3v) is 10.1. The van der Waals surface area contributed by atoms with E-state index in [1.165, 1.54) is 17.1 Å². The van der Waals surface area contributed by atoms with Crippen LogP contribution in [0.25, 0.3) is 0 Å². The third-order valence-electron chi connectivity index (χ3n) is 7.93. The van der Waals surface area contributed by atoms with Crippen molar-refractivity contribution in [1.29, 1.82) is 0 Å². The van der Waals surface area contributed by atoms with Gasteiger partial charge in [-0.15, -0.1) is 0 Å². The predicted molar refractivity (Wildman–Crippen MR) is 162 cm³/mol. The van der Waals surface area contributed by atoms with Crippen LogP contribution in [0.15, 0.2) is 59.5 Å². The quantitative estimate of drug-likeness (QED) is 0.443. The van der Waals surface area contributed by atoms with Crippen molar-refractivity contribution in [1.82, 2.24) is 15.3 Å². The maximum absolute atomic E-state index is 14.8. The van der Waals surface area contributed by atoms with Crippen LogP contribution in [0.3, 0.4) is 0 Å². The average molecular weight is 614 g/mol. The number of hydrogen-bond donors (Lipinski definition) is 1. The highest BCUT2D eigenvalue weighted by molar-refractivity contribution is 7.92. The van der Waals surface area contributed by atoms with Crippen molar-refractivity contribution in [2.45, 2.75) is 94.7 Å². The molecule has 0 saturated carbocycles. The van der Waals surface area contributed by atoms with E-state index in [1.54, 1.807) is 44.8 Å². The Morgan fingerprint density at radius 3 is 2.26 bits per heavy atom. The van der Waals surface area contributed by atoms with Crippen LogP contribution in [0.2, 0.25) is 0 Å². The van der Waals surface area contributed by atoms with Crippen molar-refractivity contribution in [3.05, 3.63) is 65.7 Å². The Labute approximate surface area is 254 Å². The number of fused-ring (bicyclic) bond motifs is 1. The molecule has 0 aliphatic carbocycles. The summed E-state index contributed by atoms with van der Waals surface area (Å²) in [5.41, 5.74) is -0.646. The second-order valence-electron chi connectivity index (χ2n) is 12.7. The van der Waals surface area contributed by atoms with E-state index < -0.39 is 56.3 Å². The minimum atomic E-state index is -4.14. The molecule has 2 aromatic carbocycles. The molecule has 2 heterocycles. The SMILES string of the molecule is CCOC(=O)C1C(S(=O)(=O)c2ccc(C)cc2)C(C(C)C)N2CCC(Cc3ccccc3)(NC(=O)OC(C)(C)C)C(=O)N12. The number of carbonyl (C=O) groups is 3. The fourth-order valence-electron chi connectivity index (χ4n) is 6.12. The lowest BCUT2D eigenvalue weighted by Crippen LogP contribution is -2.70. The summed E-state index contributed by atoms with van der Waals surface area (Å²) in [5.74, 6) is -1.64. The Balaban J connectivity index is 1.86. The second-order valence-corrected chi connectivity index (χ2v) is 14.8. The Bertz CT molecular complexity index is 1440. The fourth-order valence-corrected chi connectivity index (χ4v) is 8.34. The molecule has 234 valence electrons. The number of esters is 1. The molecule has 2 aromatic rings. The molecule has 0 bridgehead atoms. The number of hydrogen-bond acceptors (Lipinski definition) is 8. The van der Waals surface area contributed by atoms with Crippen LogP contribution in [0.1, 0.15) is 59.1 Å². The van der Waals surface area contributed by atoms with Crippen molar-refractivity contribution in [3.63, 3.8) is 0 Å². The second kappa shape index (κ2) is 12.3. The summed E-state index contributed by atoms with van der Waals surface area (Å²) in [4.78, 5) is 41.8. The minimum Gasteiger partial charge on any atom is -0.464 e. The molecule has 4 rings (SSSR count). The maximum atomic E-state index is 14.8. The first kappa shape index (κ1) is 32.5. The normalized spacial score (nSPS) is 24.5. The smallest absolute Gasteiger partial charge is 0.408 e. The van der Waals surface area contributed by atoms with Gasteiger partial charge in [-0.3, -0.25) is 9.80 Å². The number of nitrogens with one attached hydrogen (secondary N) is 1. The summed E-state index contributed by atoms with van der Waals surface area (Å²) < 4.78 is 39.7. The Morgan fingerprint density at radius 2 is 1.70 bits per heavy atom. The fraction of sp³-hybridized carbons (Fsp3) is 0.531. The molecule has 43 heavy (non-hydrogen) atoms. The van der Waals surface area contributed by atoms with E-state index in [4.69, 9.17) is 9.47 Å². The van der Waals surface area contributed by atoms with Crippen LogP contribution < -0.4 is 5.32 Å². The average Bonchev–Trinajstić information content (AvgIpc) is 3.28. The van der Waals surface area contributed by atoms with Gasteiger partial charge in [0.15, 0.2) is 15.9 Å². The molecular formula is C32H43N3O7S. The Morgan fingerprint density at radius 1 is 1.07 bits per heavy atom. The molecule has 2 fully saturated rings.